The molecule has 1 aliphatic heterocycles. The van der Waals surface area contributed by atoms with Gasteiger partial charge in [0, 0.05) is 18.0 Å². The van der Waals surface area contributed by atoms with Crippen LogP contribution in [0.15, 0.2) is 36.2 Å². The van der Waals surface area contributed by atoms with Crippen molar-refractivity contribution in [3.8, 4) is 6.07 Å². The zero-order valence-corrected chi connectivity index (χ0v) is 9.76. The second-order valence-electron chi connectivity index (χ2n) is 4.11. The second-order valence-corrected chi connectivity index (χ2v) is 4.11. The third kappa shape index (κ3) is 1.80. The first-order valence-electron chi connectivity index (χ1n) is 5.87. The number of allylic oxidation sites excluding steroid dienone is 2. The van der Waals surface area contributed by atoms with E-state index in [2.05, 4.69) is 16.0 Å². The number of fused-ring (bicyclic) bond motifs is 1. The largest absolute Gasteiger partial charge is 0.496 e. The SMILES string of the molecule is N#CC(=C1CCCO1)c1ncc2ccccc2n1. The van der Waals surface area contributed by atoms with Crippen LogP contribution >= 0.6 is 0 Å². The van der Waals surface area contributed by atoms with Crippen LogP contribution in [0.25, 0.3) is 16.5 Å². The molecule has 2 heterocycles. The minimum absolute atomic E-state index is 0.452. The Bertz CT molecular complexity index is 662. The smallest absolute Gasteiger partial charge is 0.174 e. The van der Waals surface area contributed by atoms with Crippen molar-refractivity contribution in [3.05, 3.63) is 42.0 Å². The molecule has 1 aromatic carbocycles. The maximum absolute atomic E-state index is 9.24. The summed E-state index contributed by atoms with van der Waals surface area (Å²) < 4.78 is 5.45. The van der Waals surface area contributed by atoms with Gasteiger partial charge in [-0.05, 0) is 12.5 Å². The van der Waals surface area contributed by atoms with Crippen LogP contribution in [-0.4, -0.2) is 16.6 Å². The van der Waals surface area contributed by atoms with E-state index in [0.717, 1.165) is 23.7 Å². The average molecular weight is 237 g/mol. The van der Waals surface area contributed by atoms with Gasteiger partial charge in [0.25, 0.3) is 0 Å². The first-order valence-corrected chi connectivity index (χ1v) is 5.87. The highest BCUT2D eigenvalue weighted by Gasteiger charge is 2.17. The minimum atomic E-state index is 0.452. The Balaban J connectivity index is 2.14. The Kier molecular flexibility index (Phi) is 2.66. The molecule has 88 valence electrons. The molecule has 1 fully saturated rings. The van der Waals surface area contributed by atoms with Crippen LogP contribution in [0.4, 0.5) is 0 Å². The summed E-state index contributed by atoms with van der Waals surface area (Å²) in [5.41, 5.74) is 1.30. The summed E-state index contributed by atoms with van der Waals surface area (Å²) in [6.45, 7) is 0.675. The highest BCUT2D eigenvalue weighted by molar-refractivity contribution is 5.81. The van der Waals surface area contributed by atoms with Crippen molar-refractivity contribution in [1.29, 1.82) is 5.26 Å². The lowest BCUT2D eigenvalue weighted by molar-refractivity contribution is 0.265. The third-order valence-corrected chi connectivity index (χ3v) is 2.93. The number of para-hydroxylation sites is 1. The molecular weight excluding hydrogens is 226 g/mol. The molecule has 0 radical (unpaired) electrons. The second kappa shape index (κ2) is 4.46. The van der Waals surface area contributed by atoms with Gasteiger partial charge < -0.3 is 4.74 Å². The molecule has 1 aromatic heterocycles. The number of aromatic nitrogens is 2. The summed E-state index contributed by atoms with van der Waals surface area (Å²) in [5, 5.41) is 10.2. The number of ether oxygens (including phenoxy) is 1. The van der Waals surface area contributed by atoms with Crippen LogP contribution in [0.5, 0.6) is 0 Å². The number of benzene rings is 1. The van der Waals surface area contributed by atoms with Gasteiger partial charge >= 0.3 is 0 Å². The molecule has 0 amide bonds. The van der Waals surface area contributed by atoms with Crippen LogP contribution in [0, 0.1) is 11.3 Å². The fourth-order valence-corrected chi connectivity index (χ4v) is 2.03. The molecule has 3 rings (SSSR count). The van der Waals surface area contributed by atoms with Gasteiger partial charge in [-0.15, -0.1) is 0 Å². The first kappa shape index (κ1) is 10.7. The van der Waals surface area contributed by atoms with Gasteiger partial charge in [0.15, 0.2) is 5.82 Å². The standard InChI is InChI=1S/C14H11N3O/c15-8-11(13-6-3-7-18-13)14-16-9-10-4-1-2-5-12(10)17-14/h1-2,4-5,9H,3,6-7H2. The molecule has 0 N–H and O–H groups in total. The molecule has 1 saturated heterocycles. The molecule has 0 bridgehead atoms. The number of nitriles is 1. The van der Waals surface area contributed by atoms with E-state index < -0.39 is 0 Å². The fraction of sp³-hybridized carbons (Fsp3) is 0.214. The zero-order chi connectivity index (χ0) is 12.4. The lowest BCUT2D eigenvalue weighted by Gasteiger charge is -2.03. The number of nitrogens with zero attached hydrogens (tertiary/aromatic N) is 3. The molecule has 0 spiro atoms. The molecule has 0 unspecified atom stereocenters. The van der Waals surface area contributed by atoms with E-state index in [9.17, 15) is 5.26 Å². The molecule has 0 aliphatic carbocycles. The van der Waals surface area contributed by atoms with Crippen LogP contribution in [-0.2, 0) is 4.74 Å². The van der Waals surface area contributed by atoms with E-state index in [4.69, 9.17) is 4.74 Å². The summed E-state index contributed by atoms with van der Waals surface area (Å²) in [5.74, 6) is 1.17. The van der Waals surface area contributed by atoms with Crippen molar-refractivity contribution < 1.29 is 4.74 Å². The lowest BCUT2D eigenvalue weighted by Crippen LogP contribution is -1.96. The fourth-order valence-electron chi connectivity index (χ4n) is 2.03. The normalized spacial score (nSPS) is 17.3. The van der Waals surface area contributed by atoms with E-state index in [1.54, 1.807) is 6.20 Å². The van der Waals surface area contributed by atoms with Gasteiger partial charge in [0.1, 0.15) is 17.4 Å². The maximum atomic E-state index is 9.24. The first-order chi connectivity index (χ1) is 8.88. The van der Waals surface area contributed by atoms with Crippen LogP contribution in [0.3, 0.4) is 0 Å². The summed E-state index contributed by atoms with van der Waals surface area (Å²) in [4.78, 5) is 8.67. The molecule has 1 aliphatic rings. The van der Waals surface area contributed by atoms with E-state index >= 15 is 0 Å². The molecule has 0 atom stereocenters. The van der Waals surface area contributed by atoms with E-state index in [0.29, 0.717) is 23.8 Å². The zero-order valence-electron chi connectivity index (χ0n) is 9.76. The Morgan fingerprint density at radius 3 is 3.00 bits per heavy atom. The average Bonchev–Trinajstić information content (AvgIpc) is 2.93. The summed E-state index contributed by atoms with van der Waals surface area (Å²) in [6.07, 6.45) is 3.48. The molecule has 4 nitrogen and oxygen atoms in total. The van der Waals surface area contributed by atoms with Crippen molar-refractivity contribution >= 4 is 16.5 Å². The summed E-state index contributed by atoms with van der Waals surface area (Å²) in [6, 6.07) is 9.88. The highest BCUT2D eigenvalue weighted by atomic mass is 16.5. The van der Waals surface area contributed by atoms with E-state index in [-0.39, 0.29) is 0 Å². The number of hydrogen-bond donors (Lipinski definition) is 0. The maximum Gasteiger partial charge on any atom is 0.174 e. The van der Waals surface area contributed by atoms with Crippen LogP contribution in [0.2, 0.25) is 0 Å². The van der Waals surface area contributed by atoms with Gasteiger partial charge in [-0.25, -0.2) is 9.97 Å². The van der Waals surface area contributed by atoms with E-state index in [1.807, 2.05) is 24.3 Å². The molecule has 4 heteroatoms. The third-order valence-electron chi connectivity index (χ3n) is 2.93. The Labute approximate surface area is 105 Å². The summed E-state index contributed by atoms with van der Waals surface area (Å²) in [7, 11) is 0. The van der Waals surface area contributed by atoms with Crippen molar-refractivity contribution in [3.63, 3.8) is 0 Å². The van der Waals surface area contributed by atoms with Gasteiger partial charge in [-0.1, -0.05) is 18.2 Å². The number of hydrogen-bond acceptors (Lipinski definition) is 4. The topological polar surface area (TPSA) is 58.8 Å². The van der Waals surface area contributed by atoms with Gasteiger partial charge in [0.2, 0.25) is 0 Å². The Hall–Kier alpha value is -2.41. The van der Waals surface area contributed by atoms with Crippen molar-refractivity contribution in [2.45, 2.75) is 12.8 Å². The van der Waals surface area contributed by atoms with Crippen LogP contribution < -0.4 is 0 Å². The minimum Gasteiger partial charge on any atom is -0.496 e. The molecule has 0 saturated carbocycles. The summed E-state index contributed by atoms with van der Waals surface area (Å²) >= 11 is 0. The van der Waals surface area contributed by atoms with Crippen LogP contribution in [0.1, 0.15) is 18.7 Å². The molecular formula is C14H11N3O. The molecule has 2 aromatic rings. The van der Waals surface area contributed by atoms with Crippen molar-refractivity contribution in [1.82, 2.24) is 9.97 Å². The van der Waals surface area contributed by atoms with E-state index in [1.165, 1.54) is 0 Å². The predicted molar refractivity (Wildman–Crippen MR) is 67.3 cm³/mol. The quantitative estimate of drug-likeness (QED) is 0.715. The Morgan fingerprint density at radius 1 is 1.33 bits per heavy atom. The van der Waals surface area contributed by atoms with Gasteiger partial charge in [-0.3, -0.25) is 0 Å². The molecule has 18 heavy (non-hydrogen) atoms. The predicted octanol–water partition coefficient (Wildman–Crippen LogP) is 2.67. The Morgan fingerprint density at radius 2 is 2.22 bits per heavy atom. The lowest BCUT2D eigenvalue weighted by atomic mass is 10.1. The van der Waals surface area contributed by atoms with Gasteiger partial charge in [0.05, 0.1) is 12.1 Å². The monoisotopic (exact) mass is 237 g/mol. The number of rotatable bonds is 1. The van der Waals surface area contributed by atoms with Gasteiger partial charge in [-0.2, -0.15) is 5.26 Å². The highest BCUT2D eigenvalue weighted by Crippen LogP contribution is 2.25. The van der Waals surface area contributed by atoms with Crippen molar-refractivity contribution in [2.75, 3.05) is 6.61 Å². The van der Waals surface area contributed by atoms with Crippen molar-refractivity contribution in [2.24, 2.45) is 0 Å².